The number of nitrogens with one attached hydrogen (secondary N) is 3. The van der Waals surface area contributed by atoms with Crippen LogP contribution in [-0.4, -0.2) is 71.2 Å². The van der Waals surface area contributed by atoms with Crippen molar-refractivity contribution in [1.29, 1.82) is 0 Å². The summed E-state index contributed by atoms with van der Waals surface area (Å²) in [5.41, 5.74) is 2.37. The maximum Gasteiger partial charge on any atom is 0.333 e. The van der Waals surface area contributed by atoms with E-state index in [1.54, 1.807) is 13.2 Å². The van der Waals surface area contributed by atoms with Crippen LogP contribution >= 0.6 is 0 Å². The zero-order valence-electron chi connectivity index (χ0n) is 17.4. The lowest BCUT2D eigenvalue weighted by molar-refractivity contribution is 0.0184. The standard InChI is InChI=1S/C20H27N5O6S/c1-31-15-7-11-4-2-3-5-13(11)18(15)25-17-8-16(21-10-22-17)24-14-6-12(19(26)20(14)27)9-23-32(28,29)30/h2-5,8,10,12,14-15,18-20,23,26-27H,6-7,9H2,1H3,(H,28,29,30)(H2,21,22,24,25)/t12-,14-,15+,18-,19-,20+/m1/s1. The number of hydrogen-bond donors (Lipinski definition) is 6. The molecule has 1 heterocycles. The molecule has 4 rings (SSSR count). The van der Waals surface area contributed by atoms with Gasteiger partial charge in [0.1, 0.15) is 24.1 Å². The number of aliphatic hydroxyl groups is 2. The molecule has 32 heavy (non-hydrogen) atoms. The maximum absolute atomic E-state index is 10.9. The van der Waals surface area contributed by atoms with Gasteiger partial charge < -0.3 is 25.6 Å². The summed E-state index contributed by atoms with van der Waals surface area (Å²) >= 11 is 0. The lowest BCUT2D eigenvalue weighted by Gasteiger charge is -2.22. The minimum atomic E-state index is -4.38. The van der Waals surface area contributed by atoms with Gasteiger partial charge in [0.05, 0.1) is 24.3 Å². The van der Waals surface area contributed by atoms with Gasteiger partial charge in [0.15, 0.2) is 0 Å². The lowest BCUT2D eigenvalue weighted by Crippen LogP contribution is -2.37. The van der Waals surface area contributed by atoms with Gasteiger partial charge >= 0.3 is 10.3 Å². The van der Waals surface area contributed by atoms with Crippen molar-refractivity contribution in [3.8, 4) is 0 Å². The zero-order valence-corrected chi connectivity index (χ0v) is 18.2. The number of fused-ring (bicyclic) bond motifs is 1. The molecule has 0 bridgehead atoms. The number of anilines is 2. The third-order valence-corrected chi connectivity index (χ3v) is 6.65. The quantitative estimate of drug-likeness (QED) is 0.295. The molecule has 2 aliphatic carbocycles. The topological polar surface area (TPSA) is 166 Å². The largest absolute Gasteiger partial charge is 0.390 e. The molecule has 0 amide bonds. The number of nitrogens with zero attached hydrogens (tertiary/aromatic N) is 2. The Morgan fingerprint density at radius 3 is 2.56 bits per heavy atom. The van der Waals surface area contributed by atoms with Crippen LogP contribution in [0, 0.1) is 5.92 Å². The molecule has 12 heteroatoms. The van der Waals surface area contributed by atoms with Gasteiger partial charge in [0.25, 0.3) is 0 Å². The molecule has 0 unspecified atom stereocenters. The van der Waals surface area contributed by atoms with Crippen molar-refractivity contribution in [3.05, 3.63) is 47.8 Å². The van der Waals surface area contributed by atoms with Crippen molar-refractivity contribution in [2.24, 2.45) is 5.92 Å². The Balaban J connectivity index is 1.43. The zero-order chi connectivity index (χ0) is 22.9. The summed E-state index contributed by atoms with van der Waals surface area (Å²) in [6.07, 6.45) is 0.141. The normalized spacial score (nSPS) is 29.6. The van der Waals surface area contributed by atoms with Gasteiger partial charge in [-0.05, 0) is 17.5 Å². The van der Waals surface area contributed by atoms with Crippen LogP contribution in [0.2, 0.25) is 0 Å². The van der Waals surface area contributed by atoms with Crippen molar-refractivity contribution in [2.75, 3.05) is 24.3 Å². The average molecular weight is 466 g/mol. The van der Waals surface area contributed by atoms with E-state index in [1.165, 1.54) is 11.9 Å². The minimum absolute atomic E-state index is 0.0402. The molecular formula is C20H27N5O6S. The van der Waals surface area contributed by atoms with Gasteiger partial charge in [-0.25, -0.2) is 9.97 Å². The fraction of sp³-hybridized carbons (Fsp3) is 0.500. The van der Waals surface area contributed by atoms with Gasteiger partial charge in [-0.15, -0.1) is 0 Å². The van der Waals surface area contributed by atoms with Crippen LogP contribution in [0.15, 0.2) is 36.7 Å². The Hall–Kier alpha value is -2.35. The van der Waals surface area contributed by atoms with Gasteiger partial charge in [-0.2, -0.15) is 13.1 Å². The molecule has 174 valence electrons. The van der Waals surface area contributed by atoms with Crippen molar-refractivity contribution < 1.29 is 27.9 Å². The molecule has 2 aliphatic rings. The monoisotopic (exact) mass is 465 g/mol. The third kappa shape index (κ3) is 5.00. The molecule has 11 nitrogen and oxygen atoms in total. The highest BCUT2D eigenvalue weighted by molar-refractivity contribution is 7.83. The molecule has 0 aliphatic heterocycles. The summed E-state index contributed by atoms with van der Waals surface area (Å²) in [6.45, 7) is -0.189. The van der Waals surface area contributed by atoms with Crippen LogP contribution < -0.4 is 15.4 Å². The van der Waals surface area contributed by atoms with E-state index in [0.717, 1.165) is 12.0 Å². The fourth-order valence-electron chi connectivity index (χ4n) is 4.50. The molecule has 0 radical (unpaired) electrons. The summed E-state index contributed by atoms with van der Waals surface area (Å²) < 4.78 is 38.2. The van der Waals surface area contributed by atoms with Gasteiger partial charge in [-0.3, -0.25) is 4.55 Å². The van der Waals surface area contributed by atoms with E-state index in [4.69, 9.17) is 9.29 Å². The Morgan fingerprint density at radius 2 is 1.84 bits per heavy atom. The van der Waals surface area contributed by atoms with Crippen molar-refractivity contribution in [2.45, 2.75) is 43.2 Å². The lowest BCUT2D eigenvalue weighted by atomic mass is 10.1. The fourth-order valence-corrected chi connectivity index (χ4v) is 4.92. The molecule has 0 saturated heterocycles. The van der Waals surface area contributed by atoms with Gasteiger partial charge in [0.2, 0.25) is 0 Å². The molecule has 6 atom stereocenters. The highest BCUT2D eigenvalue weighted by atomic mass is 32.2. The Labute approximate surface area is 186 Å². The number of aliphatic hydroxyl groups excluding tert-OH is 2. The predicted molar refractivity (Wildman–Crippen MR) is 116 cm³/mol. The van der Waals surface area contributed by atoms with Gasteiger partial charge in [-0.1, -0.05) is 24.3 Å². The number of hydrogen-bond acceptors (Lipinski definition) is 9. The van der Waals surface area contributed by atoms with E-state index in [1.807, 2.05) is 16.9 Å². The second-order valence-electron chi connectivity index (χ2n) is 8.14. The van der Waals surface area contributed by atoms with Crippen LogP contribution in [0.5, 0.6) is 0 Å². The number of methoxy groups -OCH3 is 1. The van der Waals surface area contributed by atoms with Crippen molar-refractivity contribution in [3.63, 3.8) is 0 Å². The molecule has 2 aromatic rings. The Kier molecular flexibility index (Phi) is 6.60. The summed E-state index contributed by atoms with van der Waals surface area (Å²) in [7, 11) is -2.70. The first-order valence-corrected chi connectivity index (χ1v) is 11.7. The number of benzene rings is 1. The number of aromatic nitrogens is 2. The molecule has 1 aromatic heterocycles. The third-order valence-electron chi connectivity index (χ3n) is 6.12. The Morgan fingerprint density at radius 1 is 1.12 bits per heavy atom. The first kappa shape index (κ1) is 22.8. The van der Waals surface area contributed by atoms with E-state index in [0.29, 0.717) is 11.6 Å². The summed E-state index contributed by atoms with van der Waals surface area (Å²) in [4.78, 5) is 8.48. The van der Waals surface area contributed by atoms with Crippen LogP contribution in [0.1, 0.15) is 23.6 Å². The Bertz CT molecular complexity index is 1050. The smallest absolute Gasteiger partial charge is 0.333 e. The molecule has 1 aromatic carbocycles. The first-order valence-electron chi connectivity index (χ1n) is 10.3. The highest BCUT2D eigenvalue weighted by Crippen LogP contribution is 2.35. The molecule has 0 spiro atoms. The van der Waals surface area contributed by atoms with E-state index < -0.39 is 34.5 Å². The van der Waals surface area contributed by atoms with Crippen LogP contribution in [0.25, 0.3) is 0 Å². The van der Waals surface area contributed by atoms with E-state index in [-0.39, 0.29) is 25.1 Å². The van der Waals surface area contributed by atoms with E-state index >= 15 is 0 Å². The van der Waals surface area contributed by atoms with Crippen LogP contribution in [0.3, 0.4) is 0 Å². The van der Waals surface area contributed by atoms with Gasteiger partial charge in [0, 0.05) is 32.1 Å². The molecular weight excluding hydrogens is 438 g/mol. The molecule has 6 N–H and O–H groups in total. The van der Waals surface area contributed by atoms with Crippen molar-refractivity contribution in [1.82, 2.24) is 14.7 Å². The van der Waals surface area contributed by atoms with E-state index in [2.05, 4.69) is 32.7 Å². The summed E-state index contributed by atoms with van der Waals surface area (Å²) in [5, 5.41) is 27.1. The van der Waals surface area contributed by atoms with E-state index in [9.17, 15) is 18.6 Å². The minimum Gasteiger partial charge on any atom is -0.390 e. The van der Waals surface area contributed by atoms with Crippen LogP contribution in [-0.2, 0) is 21.5 Å². The summed E-state index contributed by atoms with van der Waals surface area (Å²) in [6, 6.07) is 9.20. The second-order valence-corrected chi connectivity index (χ2v) is 9.38. The highest BCUT2D eigenvalue weighted by Gasteiger charge is 2.42. The molecule has 1 fully saturated rings. The number of ether oxygens (including phenoxy) is 1. The first-order chi connectivity index (χ1) is 15.2. The maximum atomic E-state index is 10.9. The molecule has 1 saturated carbocycles. The van der Waals surface area contributed by atoms with Crippen molar-refractivity contribution >= 4 is 21.9 Å². The SMILES string of the molecule is CO[C@H]1Cc2ccccc2[C@H]1Nc1cc(N[C@@H]2C[C@H](CNS(=O)(=O)O)[C@@H](O)[C@H]2O)ncn1. The predicted octanol–water partition coefficient (Wildman–Crippen LogP) is 0.116. The second kappa shape index (κ2) is 9.25. The summed E-state index contributed by atoms with van der Waals surface area (Å²) in [5.74, 6) is 0.451. The number of rotatable bonds is 8. The van der Waals surface area contributed by atoms with Crippen LogP contribution in [0.4, 0.5) is 11.6 Å². The average Bonchev–Trinajstić information content (AvgIpc) is 3.24.